The zero-order chi connectivity index (χ0) is 38.9. The van der Waals surface area contributed by atoms with E-state index in [9.17, 15) is 0 Å². The van der Waals surface area contributed by atoms with E-state index in [1.54, 1.807) is 0 Å². The van der Waals surface area contributed by atoms with E-state index in [4.69, 9.17) is 4.42 Å². The molecule has 59 heavy (non-hydrogen) atoms. The Morgan fingerprint density at radius 1 is 0.390 bits per heavy atom. The van der Waals surface area contributed by atoms with Crippen LogP contribution < -0.4 is 4.90 Å². The number of rotatable bonds is 6. The van der Waals surface area contributed by atoms with Crippen LogP contribution in [0.15, 0.2) is 223 Å². The van der Waals surface area contributed by atoms with Crippen LogP contribution in [0.5, 0.6) is 0 Å². The molecule has 0 amide bonds. The van der Waals surface area contributed by atoms with E-state index < -0.39 is 0 Å². The molecule has 0 spiro atoms. The molecule has 0 saturated heterocycles. The molecule has 0 aliphatic heterocycles. The summed E-state index contributed by atoms with van der Waals surface area (Å²) >= 11 is 0. The van der Waals surface area contributed by atoms with Gasteiger partial charge in [-0.25, -0.2) is 0 Å². The van der Waals surface area contributed by atoms with Gasteiger partial charge in [0, 0.05) is 39.3 Å². The van der Waals surface area contributed by atoms with Crippen molar-refractivity contribution in [2.24, 2.45) is 0 Å². The number of para-hydroxylation sites is 2. The number of nitrogens with zero attached hydrogens (tertiary/aromatic N) is 2. The highest BCUT2D eigenvalue weighted by Gasteiger charge is 2.20. The minimum absolute atomic E-state index is 0.870. The third-order valence-corrected chi connectivity index (χ3v) is 12.0. The van der Waals surface area contributed by atoms with Gasteiger partial charge in [0.25, 0.3) is 0 Å². The number of hydrogen-bond donors (Lipinski definition) is 0. The molecule has 0 aliphatic rings. The molecule has 12 rings (SSSR count). The SMILES string of the molecule is c1ccc(-c2c3ccccc3n3ccc4cc(-c5ccc(N(c6ccc(-c7cccc8ccccc78)cc6)c6cccc7oc8ccccc8c67)cc5)ccc4c23)cc1. The first kappa shape index (κ1) is 33.3. The zero-order valence-corrected chi connectivity index (χ0v) is 32.1. The highest BCUT2D eigenvalue weighted by Crippen LogP contribution is 2.45. The first-order valence-electron chi connectivity index (χ1n) is 20.2. The fourth-order valence-corrected chi connectivity index (χ4v) is 9.27. The maximum atomic E-state index is 6.39. The maximum Gasteiger partial charge on any atom is 0.137 e. The average molecular weight is 753 g/mol. The molecule has 276 valence electrons. The van der Waals surface area contributed by atoms with Gasteiger partial charge in [-0.3, -0.25) is 0 Å². The van der Waals surface area contributed by atoms with Gasteiger partial charge in [-0.15, -0.1) is 0 Å². The Morgan fingerprint density at radius 2 is 1.03 bits per heavy atom. The molecule has 0 unspecified atom stereocenters. The van der Waals surface area contributed by atoms with Gasteiger partial charge in [0.15, 0.2) is 0 Å². The smallest absolute Gasteiger partial charge is 0.137 e. The van der Waals surface area contributed by atoms with Crippen LogP contribution in [-0.2, 0) is 0 Å². The van der Waals surface area contributed by atoms with Crippen LogP contribution in [0.2, 0.25) is 0 Å². The van der Waals surface area contributed by atoms with E-state index in [0.29, 0.717) is 0 Å². The lowest BCUT2D eigenvalue weighted by Gasteiger charge is -2.26. The summed E-state index contributed by atoms with van der Waals surface area (Å²) in [5, 5.41) is 8.40. The van der Waals surface area contributed by atoms with Crippen LogP contribution in [0.25, 0.3) is 93.3 Å². The van der Waals surface area contributed by atoms with Crippen LogP contribution >= 0.6 is 0 Å². The predicted molar refractivity (Wildman–Crippen MR) is 248 cm³/mol. The molecule has 0 saturated carbocycles. The number of fused-ring (bicyclic) bond motifs is 9. The lowest BCUT2D eigenvalue weighted by molar-refractivity contribution is 0.669. The summed E-state index contributed by atoms with van der Waals surface area (Å²) in [4.78, 5) is 2.36. The van der Waals surface area contributed by atoms with Crippen molar-refractivity contribution in [3.63, 3.8) is 0 Å². The number of aromatic nitrogens is 1. The summed E-state index contributed by atoms with van der Waals surface area (Å²) in [7, 11) is 0. The van der Waals surface area contributed by atoms with Gasteiger partial charge in [0.1, 0.15) is 11.2 Å². The van der Waals surface area contributed by atoms with Crippen LogP contribution in [0.4, 0.5) is 17.1 Å². The van der Waals surface area contributed by atoms with Gasteiger partial charge in [0.05, 0.1) is 22.1 Å². The molecule has 12 aromatic rings. The highest BCUT2D eigenvalue weighted by atomic mass is 16.3. The molecule has 0 radical (unpaired) electrons. The van der Waals surface area contributed by atoms with Gasteiger partial charge < -0.3 is 13.7 Å². The second kappa shape index (κ2) is 13.4. The Bertz CT molecular complexity index is 3540. The lowest BCUT2D eigenvalue weighted by Crippen LogP contribution is -2.10. The predicted octanol–water partition coefficient (Wildman–Crippen LogP) is 15.8. The normalized spacial score (nSPS) is 11.7. The molecule has 0 bridgehead atoms. The van der Waals surface area contributed by atoms with Crippen molar-refractivity contribution in [1.29, 1.82) is 0 Å². The minimum atomic E-state index is 0.870. The quantitative estimate of drug-likeness (QED) is 0.169. The maximum absolute atomic E-state index is 6.39. The Balaban J connectivity index is 0.978. The third-order valence-electron chi connectivity index (χ3n) is 12.0. The van der Waals surface area contributed by atoms with Gasteiger partial charge in [-0.1, -0.05) is 152 Å². The van der Waals surface area contributed by atoms with E-state index in [-0.39, 0.29) is 0 Å². The van der Waals surface area contributed by atoms with Crippen molar-refractivity contribution < 1.29 is 4.42 Å². The number of pyridine rings is 1. The van der Waals surface area contributed by atoms with Gasteiger partial charge >= 0.3 is 0 Å². The summed E-state index contributed by atoms with van der Waals surface area (Å²) in [5.41, 5.74) is 14.7. The van der Waals surface area contributed by atoms with Crippen molar-refractivity contribution in [2.75, 3.05) is 4.90 Å². The Morgan fingerprint density at radius 3 is 1.86 bits per heavy atom. The zero-order valence-electron chi connectivity index (χ0n) is 32.1. The fraction of sp³-hybridized carbons (Fsp3) is 0. The number of hydrogen-bond acceptors (Lipinski definition) is 2. The molecule has 3 heterocycles. The summed E-state index contributed by atoms with van der Waals surface area (Å²) < 4.78 is 8.74. The molecule has 0 atom stereocenters. The van der Waals surface area contributed by atoms with E-state index >= 15 is 0 Å². The molecular formula is C56H36N2O. The van der Waals surface area contributed by atoms with Crippen LogP contribution in [-0.4, -0.2) is 4.40 Å². The Kier molecular flexibility index (Phi) is 7.54. The first-order chi connectivity index (χ1) is 29.3. The topological polar surface area (TPSA) is 20.8 Å². The van der Waals surface area contributed by atoms with Gasteiger partial charge in [0.2, 0.25) is 0 Å². The monoisotopic (exact) mass is 752 g/mol. The fourth-order valence-electron chi connectivity index (χ4n) is 9.27. The summed E-state index contributed by atoms with van der Waals surface area (Å²) in [6.07, 6.45) is 2.23. The van der Waals surface area contributed by atoms with Crippen LogP contribution in [0.3, 0.4) is 0 Å². The number of benzene rings is 9. The molecule has 3 heteroatoms. The summed E-state index contributed by atoms with van der Waals surface area (Å²) in [5.74, 6) is 0. The van der Waals surface area contributed by atoms with E-state index in [0.717, 1.165) is 44.6 Å². The van der Waals surface area contributed by atoms with Crippen molar-refractivity contribution in [1.82, 2.24) is 4.40 Å². The summed E-state index contributed by atoms with van der Waals surface area (Å²) in [6, 6.07) is 76.4. The van der Waals surface area contributed by atoms with E-state index in [1.807, 2.05) is 12.1 Å². The van der Waals surface area contributed by atoms with Crippen molar-refractivity contribution in [3.8, 4) is 33.4 Å². The number of furan rings is 1. The molecule has 3 nitrogen and oxygen atoms in total. The molecule has 9 aromatic carbocycles. The highest BCUT2D eigenvalue weighted by molar-refractivity contribution is 6.15. The van der Waals surface area contributed by atoms with Crippen LogP contribution in [0, 0.1) is 0 Å². The molecule has 0 fully saturated rings. The second-order valence-corrected chi connectivity index (χ2v) is 15.3. The second-order valence-electron chi connectivity index (χ2n) is 15.3. The average Bonchev–Trinajstić information content (AvgIpc) is 3.86. The minimum Gasteiger partial charge on any atom is -0.456 e. The first-order valence-corrected chi connectivity index (χ1v) is 20.2. The van der Waals surface area contributed by atoms with Crippen LogP contribution in [0.1, 0.15) is 0 Å². The Hall–Kier alpha value is -7.88. The lowest BCUT2D eigenvalue weighted by atomic mass is 9.97. The van der Waals surface area contributed by atoms with Crippen molar-refractivity contribution >= 4 is 77.0 Å². The molecular weight excluding hydrogens is 717 g/mol. The Labute approximate surface area is 341 Å². The van der Waals surface area contributed by atoms with E-state index in [1.165, 1.54) is 65.8 Å². The molecule has 0 N–H and O–H groups in total. The summed E-state index contributed by atoms with van der Waals surface area (Å²) in [6.45, 7) is 0. The number of anilines is 3. The van der Waals surface area contributed by atoms with Gasteiger partial charge in [-0.2, -0.15) is 0 Å². The largest absolute Gasteiger partial charge is 0.456 e. The van der Waals surface area contributed by atoms with Gasteiger partial charge in [-0.05, 0) is 105 Å². The van der Waals surface area contributed by atoms with E-state index in [2.05, 4.69) is 216 Å². The van der Waals surface area contributed by atoms with Crippen molar-refractivity contribution in [2.45, 2.75) is 0 Å². The third kappa shape index (κ3) is 5.36. The molecule has 0 aliphatic carbocycles. The standard InChI is InChI=1S/C56H36N2O/c1-2-13-40(14-3-1)54-48-17-6-8-20-50(48)57-35-34-42-36-41(28-33-47(42)56(54)57)37-24-29-43(30-25-37)58(51-21-11-23-53-55(51)49-18-7-9-22-52(49)59-53)44-31-26-39(27-32-44)46-19-10-15-38-12-4-5-16-45(38)46/h1-36H. The van der Waals surface area contributed by atoms with Crippen molar-refractivity contribution in [3.05, 3.63) is 219 Å². The molecule has 3 aromatic heterocycles.